The SMILES string of the molecule is Cc1nnc(NC(=O)c2nccn2C)s1. The molecule has 6 nitrogen and oxygen atoms in total. The number of imidazole rings is 1. The molecule has 2 aromatic rings. The lowest BCUT2D eigenvalue weighted by Crippen LogP contribution is -2.16. The average molecular weight is 223 g/mol. The fourth-order valence-electron chi connectivity index (χ4n) is 1.08. The molecule has 7 heteroatoms. The van der Waals surface area contributed by atoms with Crippen LogP contribution in [-0.2, 0) is 7.05 Å². The average Bonchev–Trinajstić information content (AvgIpc) is 2.75. The van der Waals surface area contributed by atoms with Crippen molar-refractivity contribution in [3.8, 4) is 0 Å². The van der Waals surface area contributed by atoms with Crippen LogP contribution in [0.2, 0.25) is 0 Å². The van der Waals surface area contributed by atoms with Gasteiger partial charge in [-0.25, -0.2) is 4.98 Å². The molecule has 0 aliphatic rings. The molecule has 1 amide bonds. The Balaban J connectivity index is 2.14. The maximum absolute atomic E-state index is 11.6. The molecular weight excluding hydrogens is 214 g/mol. The van der Waals surface area contributed by atoms with Gasteiger partial charge in [0.25, 0.3) is 5.91 Å². The van der Waals surface area contributed by atoms with Gasteiger partial charge in [-0.2, -0.15) is 0 Å². The first-order valence-electron chi connectivity index (χ1n) is 4.25. The molecule has 0 fully saturated rings. The van der Waals surface area contributed by atoms with Crippen LogP contribution in [0.4, 0.5) is 5.13 Å². The van der Waals surface area contributed by atoms with Gasteiger partial charge in [0.1, 0.15) is 5.01 Å². The molecule has 0 saturated carbocycles. The number of carbonyl (C=O) groups is 1. The number of carbonyl (C=O) groups excluding carboxylic acids is 1. The van der Waals surface area contributed by atoms with E-state index in [9.17, 15) is 4.79 Å². The molecule has 1 N–H and O–H groups in total. The van der Waals surface area contributed by atoms with Crippen LogP contribution in [0.3, 0.4) is 0 Å². The summed E-state index contributed by atoms with van der Waals surface area (Å²) in [6.07, 6.45) is 3.28. The van der Waals surface area contributed by atoms with E-state index in [0.717, 1.165) is 5.01 Å². The van der Waals surface area contributed by atoms with Crippen molar-refractivity contribution in [3.05, 3.63) is 23.2 Å². The first-order chi connectivity index (χ1) is 7.16. The van der Waals surface area contributed by atoms with Gasteiger partial charge in [-0.1, -0.05) is 11.3 Å². The van der Waals surface area contributed by atoms with Gasteiger partial charge in [-0.15, -0.1) is 10.2 Å². The van der Waals surface area contributed by atoms with Crippen molar-refractivity contribution in [2.24, 2.45) is 7.05 Å². The molecule has 0 aliphatic carbocycles. The quantitative estimate of drug-likeness (QED) is 0.818. The van der Waals surface area contributed by atoms with Gasteiger partial charge in [0.05, 0.1) is 0 Å². The highest BCUT2D eigenvalue weighted by Crippen LogP contribution is 2.14. The zero-order valence-corrected chi connectivity index (χ0v) is 9.08. The summed E-state index contributed by atoms with van der Waals surface area (Å²) >= 11 is 1.33. The lowest BCUT2D eigenvalue weighted by Gasteiger charge is -1.99. The lowest BCUT2D eigenvalue weighted by molar-refractivity contribution is 0.101. The molecule has 0 aliphatic heterocycles. The van der Waals surface area contributed by atoms with E-state index < -0.39 is 0 Å². The number of nitrogens with one attached hydrogen (secondary N) is 1. The minimum Gasteiger partial charge on any atom is -0.330 e. The molecule has 0 spiro atoms. The summed E-state index contributed by atoms with van der Waals surface area (Å²) in [5.41, 5.74) is 0. The standard InChI is InChI=1S/C8H9N5OS/c1-5-11-12-8(15-5)10-7(14)6-9-3-4-13(6)2/h3-4H,1-2H3,(H,10,12,14). The van der Waals surface area contributed by atoms with Gasteiger partial charge >= 0.3 is 0 Å². The summed E-state index contributed by atoms with van der Waals surface area (Å²) in [7, 11) is 1.76. The Morgan fingerprint density at radius 2 is 2.33 bits per heavy atom. The van der Waals surface area contributed by atoms with Gasteiger partial charge in [0.15, 0.2) is 5.82 Å². The number of nitrogens with zero attached hydrogens (tertiary/aromatic N) is 4. The molecule has 0 unspecified atom stereocenters. The van der Waals surface area contributed by atoms with E-state index in [0.29, 0.717) is 11.0 Å². The molecule has 78 valence electrons. The summed E-state index contributed by atoms with van der Waals surface area (Å²) in [6.45, 7) is 1.83. The molecule has 0 atom stereocenters. The van der Waals surface area contributed by atoms with E-state index in [1.54, 1.807) is 24.0 Å². The predicted molar refractivity (Wildman–Crippen MR) is 55.8 cm³/mol. The predicted octanol–water partition coefficient (Wildman–Crippen LogP) is 0.832. The fourth-order valence-corrected chi connectivity index (χ4v) is 1.67. The lowest BCUT2D eigenvalue weighted by atomic mass is 10.5. The highest BCUT2D eigenvalue weighted by atomic mass is 32.1. The van der Waals surface area contributed by atoms with Crippen molar-refractivity contribution in [2.75, 3.05) is 5.32 Å². The molecule has 0 bridgehead atoms. The Morgan fingerprint density at radius 3 is 2.87 bits per heavy atom. The Labute approximate surface area is 90.0 Å². The molecule has 2 aromatic heterocycles. The first-order valence-corrected chi connectivity index (χ1v) is 5.07. The van der Waals surface area contributed by atoms with Gasteiger partial charge < -0.3 is 4.57 Å². The van der Waals surface area contributed by atoms with E-state index in [2.05, 4.69) is 20.5 Å². The van der Waals surface area contributed by atoms with Crippen LogP contribution >= 0.6 is 11.3 Å². The zero-order valence-electron chi connectivity index (χ0n) is 8.26. The number of aryl methyl sites for hydroxylation is 2. The molecule has 0 aromatic carbocycles. The van der Waals surface area contributed by atoms with Crippen molar-refractivity contribution in [1.29, 1.82) is 0 Å². The number of hydrogen-bond donors (Lipinski definition) is 1. The summed E-state index contributed by atoms with van der Waals surface area (Å²) in [5, 5.41) is 11.5. The summed E-state index contributed by atoms with van der Waals surface area (Å²) < 4.78 is 1.64. The normalized spacial score (nSPS) is 10.3. The number of anilines is 1. The zero-order chi connectivity index (χ0) is 10.8. The third kappa shape index (κ3) is 2.01. The number of aromatic nitrogens is 4. The fraction of sp³-hybridized carbons (Fsp3) is 0.250. The van der Waals surface area contributed by atoms with Crippen molar-refractivity contribution < 1.29 is 4.79 Å². The second kappa shape index (κ2) is 3.77. The second-order valence-electron chi connectivity index (χ2n) is 2.94. The van der Waals surface area contributed by atoms with Crippen molar-refractivity contribution in [2.45, 2.75) is 6.92 Å². The van der Waals surface area contributed by atoms with Gasteiger partial charge in [-0.3, -0.25) is 10.1 Å². The highest BCUT2D eigenvalue weighted by Gasteiger charge is 2.12. The third-order valence-corrected chi connectivity index (χ3v) is 2.52. The smallest absolute Gasteiger partial charge is 0.293 e. The van der Waals surface area contributed by atoms with Gasteiger partial charge in [0, 0.05) is 19.4 Å². The summed E-state index contributed by atoms with van der Waals surface area (Å²) in [6, 6.07) is 0. The summed E-state index contributed by atoms with van der Waals surface area (Å²) in [4.78, 5) is 15.6. The van der Waals surface area contributed by atoms with E-state index >= 15 is 0 Å². The van der Waals surface area contributed by atoms with Crippen LogP contribution in [0.1, 0.15) is 15.6 Å². The minimum absolute atomic E-state index is 0.279. The van der Waals surface area contributed by atoms with Gasteiger partial charge in [-0.05, 0) is 6.92 Å². The topological polar surface area (TPSA) is 72.7 Å². The van der Waals surface area contributed by atoms with E-state index in [-0.39, 0.29) is 5.91 Å². The highest BCUT2D eigenvalue weighted by molar-refractivity contribution is 7.15. The molecule has 15 heavy (non-hydrogen) atoms. The number of hydrogen-bond acceptors (Lipinski definition) is 5. The van der Waals surface area contributed by atoms with Crippen molar-refractivity contribution in [1.82, 2.24) is 19.7 Å². The molecule has 0 radical (unpaired) electrons. The van der Waals surface area contributed by atoms with Crippen LogP contribution in [0.15, 0.2) is 12.4 Å². The molecule has 2 heterocycles. The maximum Gasteiger partial charge on any atom is 0.293 e. The van der Waals surface area contributed by atoms with E-state index in [4.69, 9.17) is 0 Å². The van der Waals surface area contributed by atoms with Crippen LogP contribution in [0.5, 0.6) is 0 Å². The Bertz CT molecular complexity index is 489. The first kappa shape index (κ1) is 9.78. The maximum atomic E-state index is 11.6. The molecule has 0 saturated heterocycles. The van der Waals surface area contributed by atoms with Crippen LogP contribution in [-0.4, -0.2) is 25.7 Å². The molecule has 2 rings (SSSR count). The Kier molecular flexibility index (Phi) is 2.46. The number of rotatable bonds is 2. The Morgan fingerprint density at radius 1 is 1.53 bits per heavy atom. The molecular formula is C8H9N5OS. The van der Waals surface area contributed by atoms with Crippen molar-refractivity contribution in [3.63, 3.8) is 0 Å². The van der Waals surface area contributed by atoms with Crippen molar-refractivity contribution >= 4 is 22.4 Å². The second-order valence-corrected chi connectivity index (χ2v) is 4.12. The summed E-state index contributed by atoms with van der Waals surface area (Å²) in [5.74, 6) is 0.0708. The minimum atomic E-state index is -0.279. The van der Waals surface area contributed by atoms with Crippen LogP contribution in [0.25, 0.3) is 0 Å². The van der Waals surface area contributed by atoms with E-state index in [1.807, 2.05) is 6.92 Å². The monoisotopic (exact) mass is 223 g/mol. The largest absolute Gasteiger partial charge is 0.330 e. The van der Waals surface area contributed by atoms with Crippen LogP contribution < -0.4 is 5.32 Å². The third-order valence-electron chi connectivity index (χ3n) is 1.77. The number of amides is 1. The van der Waals surface area contributed by atoms with Gasteiger partial charge in [0.2, 0.25) is 5.13 Å². The van der Waals surface area contributed by atoms with E-state index in [1.165, 1.54) is 11.3 Å². The van der Waals surface area contributed by atoms with Crippen LogP contribution in [0, 0.1) is 6.92 Å². The Hall–Kier alpha value is -1.76.